The molecule has 0 saturated carbocycles. The van der Waals surface area contributed by atoms with E-state index in [9.17, 15) is 17.6 Å². The third-order valence-electron chi connectivity index (χ3n) is 3.00. The number of hydrogen-bond donors (Lipinski definition) is 1. The fourth-order valence-corrected chi connectivity index (χ4v) is 2.00. The van der Waals surface area contributed by atoms with E-state index in [-0.39, 0.29) is 18.2 Å². The molecule has 0 saturated heterocycles. The summed E-state index contributed by atoms with van der Waals surface area (Å²) in [7, 11) is 1.42. The minimum Gasteiger partial charge on any atom is -0.496 e. The van der Waals surface area contributed by atoms with Crippen LogP contribution in [0.1, 0.15) is 17.2 Å². The van der Waals surface area contributed by atoms with Crippen molar-refractivity contribution in [2.75, 3.05) is 7.11 Å². The zero-order chi connectivity index (χ0) is 16.3. The summed E-state index contributed by atoms with van der Waals surface area (Å²) in [6, 6.07) is 8.21. The maximum absolute atomic E-state index is 13.4. The molecule has 2 N–H and O–H groups in total. The molecule has 126 valence electrons. The highest BCUT2D eigenvalue weighted by atomic mass is 35.5. The molecule has 0 bridgehead atoms. The van der Waals surface area contributed by atoms with Crippen LogP contribution in [0.15, 0.2) is 42.5 Å². The van der Waals surface area contributed by atoms with Crippen LogP contribution >= 0.6 is 12.4 Å². The van der Waals surface area contributed by atoms with Gasteiger partial charge in [-0.1, -0.05) is 12.1 Å². The zero-order valence-electron chi connectivity index (χ0n) is 11.9. The van der Waals surface area contributed by atoms with Crippen molar-refractivity contribution in [2.24, 2.45) is 5.73 Å². The second-order valence-corrected chi connectivity index (χ2v) is 4.48. The first-order chi connectivity index (χ1) is 10.3. The maximum Gasteiger partial charge on any atom is 0.573 e. The Balaban J connectivity index is 0.00000264. The standard InChI is InChI=1S/C15H13F4NO2.ClH/c1-21-13-7-4-10(16)8-12(13)14(20)9-2-5-11(6-3-9)22-15(17,18)19;/h2-8,14H,20H2,1H3;1H/t14-;/m1./s1. The number of ether oxygens (including phenoxy) is 2. The lowest BCUT2D eigenvalue weighted by Crippen LogP contribution is -2.17. The Bertz CT molecular complexity index is 647. The molecule has 0 unspecified atom stereocenters. The molecule has 2 aromatic carbocycles. The van der Waals surface area contributed by atoms with Crippen LogP contribution in [0.3, 0.4) is 0 Å². The second kappa shape index (κ2) is 7.52. The van der Waals surface area contributed by atoms with Gasteiger partial charge in [-0.05, 0) is 35.9 Å². The van der Waals surface area contributed by atoms with Crippen LogP contribution in [0.5, 0.6) is 11.5 Å². The summed E-state index contributed by atoms with van der Waals surface area (Å²) in [4.78, 5) is 0. The topological polar surface area (TPSA) is 44.5 Å². The summed E-state index contributed by atoms with van der Waals surface area (Å²) in [5, 5.41) is 0. The van der Waals surface area contributed by atoms with E-state index in [1.165, 1.54) is 37.4 Å². The number of rotatable bonds is 4. The Labute approximate surface area is 136 Å². The van der Waals surface area contributed by atoms with Gasteiger partial charge in [-0.2, -0.15) is 0 Å². The van der Waals surface area contributed by atoms with Gasteiger partial charge in [0.25, 0.3) is 0 Å². The average Bonchev–Trinajstić information content (AvgIpc) is 2.45. The van der Waals surface area contributed by atoms with Gasteiger partial charge in [0.2, 0.25) is 0 Å². The third-order valence-corrected chi connectivity index (χ3v) is 3.00. The fraction of sp³-hybridized carbons (Fsp3) is 0.200. The third kappa shape index (κ3) is 5.01. The van der Waals surface area contributed by atoms with Gasteiger partial charge in [0.15, 0.2) is 0 Å². The monoisotopic (exact) mass is 351 g/mol. The van der Waals surface area contributed by atoms with Crippen molar-refractivity contribution in [3.05, 3.63) is 59.4 Å². The molecule has 0 aliphatic carbocycles. The quantitative estimate of drug-likeness (QED) is 0.839. The molecule has 0 heterocycles. The lowest BCUT2D eigenvalue weighted by molar-refractivity contribution is -0.274. The molecule has 0 radical (unpaired) electrons. The molecule has 0 spiro atoms. The number of nitrogens with two attached hydrogens (primary N) is 1. The average molecular weight is 352 g/mol. The first-order valence-corrected chi connectivity index (χ1v) is 6.25. The van der Waals surface area contributed by atoms with Gasteiger partial charge in [-0.15, -0.1) is 25.6 Å². The van der Waals surface area contributed by atoms with Crippen molar-refractivity contribution in [3.8, 4) is 11.5 Å². The smallest absolute Gasteiger partial charge is 0.496 e. The molecular formula is C15H14ClF4NO2. The summed E-state index contributed by atoms with van der Waals surface area (Å²) in [5.74, 6) is -0.442. The summed E-state index contributed by atoms with van der Waals surface area (Å²) in [5.41, 5.74) is 6.92. The van der Waals surface area contributed by atoms with Gasteiger partial charge in [-0.25, -0.2) is 4.39 Å². The van der Waals surface area contributed by atoms with E-state index >= 15 is 0 Å². The summed E-state index contributed by atoms with van der Waals surface area (Å²) in [6.07, 6.45) is -4.75. The minimum absolute atomic E-state index is 0. The zero-order valence-corrected chi connectivity index (χ0v) is 12.7. The van der Waals surface area contributed by atoms with Crippen molar-refractivity contribution in [3.63, 3.8) is 0 Å². The van der Waals surface area contributed by atoms with Gasteiger partial charge >= 0.3 is 6.36 Å². The minimum atomic E-state index is -4.75. The van der Waals surface area contributed by atoms with Gasteiger partial charge in [0.05, 0.1) is 13.2 Å². The van der Waals surface area contributed by atoms with E-state index in [0.717, 1.165) is 12.1 Å². The number of benzene rings is 2. The number of methoxy groups -OCH3 is 1. The van der Waals surface area contributed by atoms with Crippen LogP contribution in [0.2, 0.25) is 0 Å². The van der Waals surface area contributed by atoms with E-state index < -0.39 is 18.2 Å². The highest BCUT2D eigenvalue weighted by Crippen LogP contribution is 2.30. The molecule has 3 nitrogen and oxygen atoms in total. The van der Waals surface area contributed by atoms with E-state index in [0.29, 0.717) is 16.9 Å². The van der Waals surface area contributed by atoms with Crippen LogP contribution in [0.4, 0.5) is 17.6 Å². The molecule has 0 aromatic heterocycles. The SMILES string of the molecule is COc1ccc(F)cc1[C@H](N)c1ccc(OC(F)(F)F)cc1.Cl. The number of hydrogen-bond acceptors (Lipinski definition) is 3. The summed E-state index contributed by atoms with van der Waals surface area (Å²) in [6.45, 7) is 0. The van der Waals surface area contributed by atoms with Crippen LogP contribution < -0.4 is 15.2 Å². The largest absolute Gasteiger partial charge is 0.573 e. The van der Waals surface area contributed by atoms with Crippen LogP contribution in [-0.4, -0.2) is 13.5 Å². The van der Waals surface area contributed by atoms with E-state index in [4.69, 9.17) is 10.5 Å². The van der Waals surface area contributed by atoms with Crippen molar-refractivity contribution in [1.29, 1.82) is 0 Å². The van der Waals surface area contributed by atoms with Crippen molar-refractivity contribution >= 4 is 12.4 Å². The molecule has 2 aromatic rings. The predicted molar refractivity (Wildman–Crippen MR) is 79.4 cm³/mol. The van der Waals surface area contributed by atoms with Crippen LogP contribution in [0, 0.1) is 5.82 Å². The van der Waals surface area contributed by atoms with Gasteiger partial charge in [0.1, 0.15) is 17.3 Å². The Hall–Kier alpha value is -1.99. The normalized spacial score (nSPS) is 12.3. The molecule has 0 fully saturated rings. The molecule has 8 heteroatoms. The molecular weight excluding hydrogens is 338 g/mol. The summed E-state index contributed by atoms with van der Waals surface area (Å²) >= 11 is 0. The molecule has 0 amide bonds. The Morgan fingerprint density at radius 1 is 1.04 bits per heavy atom. The second-order valence-electron chi connectivity index (χ2n) is 4.48. The Kier molecular flexibility index (Phi) is 6.23. The predicted octanol–water partition coefficient (Wildman–Crippen LogP) is 4.20. The van der Waals surface area contributed by atoms with E-state index in [1.807, 2.05) is 0 Å². The lowest BCUT2D eigenvalue weighted by Gasteiger charge is -2.17. The van der Waals surface area contributed by atoms with Crippen LogP contribution in [0.25, 0.3) is 0 Å². The maximum atomic E-state index is 13.4. The molecule has 0 aliphatic rings. The van der Waals surface area contributed by atoms with Gasteiger partial charge in [0, 0.05) is 5.56 Å². The van der Waals surface area contributed by atoms with Crippen molar-refractivity contribution in [1.82, 2.24) is 0 Å². The molecule has 0 aliphatic heterocycles. The van der Waals surface area contributed by atoms with Crippen molar-refractivity contribution < 1.29 is 27.0 Å². The Morgan fingerprint density at radius 2 is 1.65 bits per heavy atom. The molecule has 1 atom stereocenters. The van der Waals surface area contributed by atoms with E-state index in [2.05, 4.69) is 4.74 Å². The highest BCUT2D eigenvalue weighted by Gasteiger charge is 2.31. The molecule has 23 heavy (non-hydrogen) atoms. The summed E-state index contributed by atoms with van der Waals surface area (Å²) < 4.78 is 58.6. The Morgan fingerprint density at radius 3 is 2.17 bits per heavy atom. The first-order valence-electron chi connectivity index (χ1n) is 6.25. The lowest BCUT2D eigenvalue weighted by atomic mass is 9.98. The number of halogens is 5. The van der Waals surface area contributed by atoms with Gasteiger partial charge < -0.3 is 15.2 Å². The fourth-order valence-electron chi connectivity index (χ4n) is 2.00. The first kappa shape index (κ1) is 19.1. The number of alkyl halides is 3. The van der Waals surface area contributed by atoms with Gasteiger partial charge in [-0.3, -0.25) is 0 Å². The van der Waals surface area contributed by atoms with Crippen molar-refractivity contribution in [2.45, 2.75) is 12.4 Å². The van der Waals surface area contributed by atoms with Crippen LogP contribution in [-0.2, 0) is 0 Å². The molecule has 2 rings (SSSR count). The highest BCUT2D eigenvalue weighted by molar-refractivity contribution is 5.85. The van der Waals surface area contributed by atoms with E-state index in [1.54, 1.807) is 0 Å².